The Balaban J connectivity index is 2.05. The van der Waals surface area contributed by atoms with Gasteiger partial charge in [-0.25, -0.2) is 12.4 Å². The first-order chi connectivity index (χ1) is 10.7. The number of pyridine rings is 1. The number of hydrogen-bond donors (Lipinski definition) is 0. The summed E-state index contributed by atoms with van der Waals surface area (Å²) < 4.78 is 27.4. The number of aromatic nitrogens is 2. The summed E-state index contributed by atoms with van der Waals surface area (Å²) in [5, 5.41) is 2.47. The predicted octanol–water partition coefficient (Wildman–Crippen LogP) is 3.43. The molecule has 4 aromatic rings. The molecule has 0 aliphatic carbocycles. The molecule has 0 fully saturated rings. The molecule has 0 N–H and O–H groups in total. The van der Waals surface area contributed by atoms with Crippen LogP contribution in [0.4, 0.5) is 0 Å². The third-order valence-corrected chi connectivity index (χ3v) is 5.49. The van der Waals surface area contributed by atoms with Crippen molar-refractivity contribution >= 4 is 31.7 Å². The maximum Gasteiger partial charge on any atom is 0.268 e. The van der Waals surface area contributed by atoms with Crippen LogP contribution >= 0.6 is 0 Å². The fourth-order valence-electron chi connectivity index (χ4n) is 2.69. The second kappa shape index (κ2) is 4.68. The summed E-state index contributed by atoms with van der Waals surface area (Å²) in [6.45, 7) is 0. The molecule has 5 heteroatoms. The minimum absolute atomic E-state index is 0.298. The lowest BCUT2D eigenvalue weighted by atomic mass is 10.1. The summed E-state index contributed by atoms with van der Waals surface area (Å²) in [4.78, 5) is 4.33. The first kappa shape index (κ1) is 13.0. The van der Waals surface area contributed by atoms with Crippen LogP contribution in [0.15, 0.2) is 78.1 Å². The molecule has 2 heterocycles. The smallest absolute Gasteiger partial charge is 0.262 e. The Labute approximate surface area is 127 Å². The van der Waals surface area contributed by atoms with E-state index in [1.807, 2.05) is 30.3 Å². The van der Waals surface area contributed by atoms with Gasteiger partial charge in [-0.15, -0.1) is 0 Å². The first-order valence-electron chi connectivity index (χ1n) is 6.82. The molecule has 0 bridgehead atoms. The molecular weight excluding hydrogens is 296 g/mol. The van der Waals surface area contributed by atoms with Crippen molar-refractivity contribution < 1.29 is 8.42 Å². The normalized spacial score (nSPS) is 12.0. The number of nitrogens with zero attached hydrogens (tertiary/aromatic N) is 2. The van der Waals surface area contributed by atoms with Crippen LogP contribution in [-0.4, -0.2) is 17.4 Å². The van der Waals surface area contributed by atoms with Gasteiger partial charge in [0.2, 0.25) is 0 Å². The van der Waals surface area contributed by atoms with Crippen LogP contribution in [0.25, 0.3) is 21.7 Å². The van der Waals surface area contributed by atoms with E-state index in [-0.39, 0.29) is 0 Å². The minimum Gasteiger partial charge on any atom is -0.262 e. The monoisotopic (exact) mass is 308 g/mol. The van der Waals surface area contributed by atoms with Crippen LogP contribution in [-0.2, 0) is 10.0 Å². The van der Waals surface area contributed by atoms with E-state index in [9.17, 15) is 8.42 Å². The Morgan fingerprint density at radius 3 is 2.59 bits per heavy atom. The first-order valence-corrected chi connectivity index (χ1v) is 8.26. The van der Waals surface area contributed by atoms with Gasteiger partial charge in [0.05, 0.1) is 16.6 Å². The van der Waals surface area contributed by atoms with Crippen molar-refractivity contribution in [3.63, 3.8) is 0 Å². The molecule has 0 aliphatic heterocycles. The van der Waals surface area contributed by atoms with Gasteiger partial charge in [-0.3, -0.25) is 4.98 Å². The summed E-state index contributed by atoms with van der Waals surface area (Å²) in [5.74, 6) is 0. The molecule has 0 saturated heterocycles. The lowest BCUT2D eigenvalue weighted by Crippen LogP contribution is -2.12. The molecule has 0 aliphatic rings. The van der Waals surface area contributed by atoms with Crippen LogP contribution < -0.4 is 0 Å². The van der Waals surface area contributed by atoms with Crippen molar-refractivity contribution in [3.05, 3.63) is 73.2 Å². The van der Waals surface area contributed by atoms with E-state index >= 15 is 0 Å². The van der Waals surface area contributed by atoms with Gasteiger partial charge in [0.15, 0.2) is 0 Å². The van der Waals surface area contributed by atoms with Crippen molar-refractivity contribution in [3.8, 4) is 0 Å². The molecule has 0 amide bonds. The Bertz CT molecular complexity index is 1090. The Morgan fingerprint density at radius 1 is 0.864 bits per heavy atom. The summed E-state index contributed by atoms with van der Waals surface area (Å²) in [6.07, 6.45) is 4.79. The van der Waals surface area contributed by atoms with E-state index in [4.69, 9.17) is 0 Å². The lowest BCUT2D eigenvalue weighted by molar-refractivity contribution is 0.590. The Morgan fingerprint density at radius 2 is 1.68 bits per heavy atom. The Kier molecular flexibility index (Phi) is 2.77. The van der Waals surface area contributed by atoms with Crippen LogP contribution in [0, 0.1) is 0 Å². The zero-order valence-electron chi connectivity index (χ0n) is 11.5. The average molecular weight is 308 g/mol. The van der Waals surface area contributed by atoms with E-state index in [1.54, 1.807) is 42.9 Å². The van der Waals surface area contributed by atoms with Gasteiger partial charge in [0.25, 0.3) is 10.0 Å². The van der Waals surface area contributed by atoms with Crippen molar-refractivity contribution in [2.24, 2.45) is 0 Å². The van der Waals surface area contributed by atoms with Gasteiger partial charge >= 0.3 is 0 Å². The molecule has 108 valence electrons. The maximum absolute atomic E-state index is 13.1. The summed E-state index contributed by atoms with van der Waals surface area (Å²) >= 11 is 0. The number of hydrogen-bond acceptors (Lipinski definition) is 3. The van der Waals surface area contributed by atoms with Crippen LogP contribution in [0.2, 0.25) is 0 Å². The van der Waals surface area contributed by atoms with Gasteiger partial charge in [-0.2, -0.15) is 0 Å². The van der Waals surface area contributed by atoms with E-state index < -0.39 is 10.0 Å². The summed E-state index contributed by atoms with van der Waals surface area (Å²) in [5.41, 5.74) is 0.579. The van der Waals surface area contributed by atoms with E-state index in [2.05, 4.69) is 4.98 Å². The highest BCUT2D eigenvalue weighted by molar-refractivity contribution is 7.90. The molecule has 2 aromatic carbocycles. The van der Waals surface area contributed by atoms with Crippen molar-refractivity contribution in [2.45, 2.75) is 4.90 Å². The van der Waals surface area contributed by atoms with Gasteiger partial charge < -0.3 is 0 Å². The highest BCUT2D eigenvalue weighted by Crippen LogP contribution is 2.27. The molecule has 2 aromatic heterocycles. The van der Waals surface area contributed by atoms with Crippen LogP contribution in [0.1, 0.15) is 0 Å². The Hall–Kier alpha value is -2.66. The zero-order valence-corrected chi connectivity index (χ0v) is 12.4. The molecule has 4 rings (SSSR count). The van der Waals surface area contributed by atoms with Crippen molar-refractivity contribution in [1.82, 2.24) is 8.96 Å². The van der Waals surface area contributed by atoms with Crippen molar-refractivity contribution in [1.29, 1.82) is 0 Å². The second-order valence-corrected chi connectivity index (χ2v) is 6.81. The predicted molar refractivity (Wildman–Crippen MR) is 86.3 cm³/mol. The van der Waals surface area contributed by atoms with Gasteiger partial charge in [0.1, 0.15) is 0 Å². The molecule has 0 spiro atoms. The van der Waals surface area contributed by atoms with E-state index in [1.165, 1.54) is 3.97 Å². The van der Waals surface area contributed by atoms with Gasteiger partial charge in [-0.05, 0) is 23.6 Å². The van der Waals surface area contributed by atoms with Crippen LogP contribution in [0.5, 0.6) is 0 Å². The second-order valence-electron chi connectivity index (χ2n) is 5.03. The van der Waals surface area contributed by atoms with Gasteiger partial charge in [-0.1, -0.05) is 36.4 Å². The third-order valence-electron chi connectivity index (χ3n) is 3.75. The highest BCUT2D eigenvalue weighted by atomic mass is 32.2. The van der Waals surface area contributed by atoms with Crippen LogP contribution in [0.3, 0.4) is 0 Å². The molecular formula is C17H12N2O2S. The highest BCUT2D eigenvalue weighted by Gasteiger charge is 2.21. The zero-order chi connectivity index (χ0) is 15.2. The molecule has 4 nitrogen and oxygen atoms in total. The van der Waals surface area contributed by atoms with E-state index in [0.717, 1.165) is 16.2 Å². The number of rotatable bonds is 2. The minimum atomic E-state index is -3.67. The fourth-order valence-corrected chi connectivity index (χ4v) is 4.25. The third kappa shape index (κ3) is 1.83. The lowest BCUT2D eigenvalue weighted by Gasteiger charge is -2.10. The summed E-state index contributed by atoms with van der Waals surface area (Å²) in [6, 6.07) is 16.4. The largest absolute Gasteiger partial charge is 0.268 e. The number of fused-ring (bicyclic) bond motifs is 2. The fraction of sp³-hybridized carbons (Fsp3) is 0. The number of benzene rings is 2. The molecule has 0 atom stereocenters. The van der Waals surface area contributed by atoms with Crippen molar-refractivity contribution in [2.75, 3.05) is 0 Å². The van der Waals surface area contributed by atoms with E-state index in [0.29, 0.717) is 10.4 Å². The maximum atomic E-state index is 13.1. The molecule has 0 saturated carbocycles. The summed E-state index contributed by atoms with van der Waals surface area (Å²) in [7, 11) is -3.67. The molecule has 0 unspecified atom stereocenters. The SMILES string of the molecule is O=S(=O)(c1cccc2ccccc12)n1ccc2ccncc21. The standard InChI is InChI=1S/C17H12N2O2S/c20-22(21,19-11-9-14-8-10-18-12-16(14)19)17-7-3-5-13-4-1-2-6-15(13)17/h1-12H. The average Bonchev–Trinajstić information content (AvgIpc) is 2.99. The molecule has 0 radical (unpaired) electrons. The molecule has 22 heavy (non-hydrogen) atoms. The topological polar surface area (TPSA) is 52.0 Å². The quantitative estimate of drug-likeness (QED) is 0.570. The van der Waals surface area contributed by atoms with Gasteiger partial charge in [0, 0.05) is 23.2 Å².